The van der Waals surface area contributed by atoms with Crippen LogP contribution in [0.15, 0.2) is 72.8 Å². The van der Waals surface area contributed by atoms with Crippen molar-refractivity contribution in [2.24, 2.45) is 0 Å². The second-order valence-corrected chi connectivity index (χ2v) is 6.88. The zero-order valence-electron chi connectivity index (χ0n) is 17.0. The molecule has 3 aromatic rings. The molecular formula is C25H26O5. The lowest BCUT2D eigenvalue weighted by atomic mass is 10.1. The van der Waals surface area contributed by atoms with Crippen LogP contribution >= 0.6 is 0 Å². The van der Waals surface area contributed by atoms with Crippen LogP contribution in [0.4, 0.5) is 0 Å². The van der Waals surface area contributed by atoms with Gasteiger partial charge in [-0.15, -0.1) is 0 Å². The maximum absolute atomic E-state index is 12.5. The van der Waals surface area contributed by atoms with Gasteiger partial charge in [0, 0.05) is 13.0 Å². The van der Waals surface area contributed by atoms with E-state index in [0.29, 0.717) is 36.7 Å². The Kier molecular flexibility index (Phi) is 7.86. The molecule has 5 nitrogen and oxygen atoms in total. The van der Waals surface area contributed by atoms with E-state index in [2.05, 4.69) is 0 Å². The van der Waals surface area contributed by atoms with Crippen LogP contribution in [0.3, 0.4) is 0 Å². The number of rotatable bonds is 10. The molecule has 5 heteroatoms. The number of aliphatic hydroxyl groups excluding tert-OH is 1. The van der Waals surface area contributed by atoms with Gasteiger partial charge in [-0.1, -0.05) is 60.7 Å². The van der Waals surface area contributed by atoms with Crippen molar-refractivity contribution in [3.63, 3.8) is 0 Å². The smallest absolute Gasteiger partial charge is 0.338 e. The molecule has 0 aliphatic rings. The van der Waals surface area contributed by atoms with Crippen LogP contribution in [-0.2, 0) is 18.0 Å². The van der Waals surface area contributed by atoms with Crippen molar-refractivity contribution in [2.75, 3.05) is 13.2 Å². The van der Waals surface area contributed by atoms with Crippen LogP contribution in [-0.4, -0.2) is 24.3 Å². The first-order valence-electron chi connectivity index (χ1n) is 9.93. The van der Waals surface area contributed by atoms with E-state index in [9.17, 15) is 4.79 Å². The molecule has 0 fully saturated rings. The fourth-order valence-corrected chi connectivity index (χ4v) is 2.88. The van der Waals surface area contributed by atoms with Crippen LogP contribution in [0, 0.1) is 6.92 Å². The highest BCUT2D eigenvalue weighted by Gasteiger charge is 2.17. The average molecular weight is 406 g/mol. The number of benzene rings is 3. The van der Waals surface area contributed by atoms with Gasteiger partial charge in [-0.25, -0.2) is 4.79 Å². The van der Waals surface area contributed by atoms with Gasteiger partial charge in [-0.2, -0.15) is 0 Å². The van der Waals surface area contributed by atoms with E-state index < -0.39 is 5.97 Å². The van der Waals surface area contributed by atoms with Crippen LogP contribution in [0.25, 0.3) is 0 Å². The predicted octanol–water partition coefficient (Wildman–Crippen LogP) is 4.69. The first-order valence-corrected chi connectivity index (χ1v) is 9.93. The maximum atomic E-state index is 12.5. The van der Waals surface area contributed by atoms with Gasteiger partial charge in [0.1, 0.15) is 13.2 Å². The van der Waals surface area contributed by atoms with Crippen molar-refractivity contribution in [1.82, 2.24) is 0 Å². The monoisotopic (exact) mass is 406 g/mol. The normalized spacial score (nSPS) is 10.5. The quantitative estimate of drug-likeness (QED) is 0.391. The lowest BCUT2D eigenvalue weighted by Gasteiger charge is -2.16. The van der Waals surface area contributed by atoms with E-state index in [-0.39, 0.29) is 13.2 Å². The first-order chi connectivity index (χ1) is 14.7. The Morgan fingerprint density at radius 2 is 1.37 bits per heavy atom. The summed E-state index contributed by atoms with van der Waals surface area (Å²) < 4.78 is 17.3. The van der Waals surface area contributed by atoms with Crippen molar-refractivity contribution >= 4 is 5.97 Å². The van der Waals surface area contributed by atoms with E-state index in [4.69, 9.17) is 19.3 Å². The zero-order chi connectivity index (χ0) is 21.2. The molecule has 0 radical (unpaired) electrons. The summed E-state index contributed by atoms with van der Waals surface area (Å²) in [6, 6.07) is 23.1. The van der Waals surface area contributed by atoms with Gasteiger partial charge >= 0.3 is 5.97 Å². The first kappa shape index (κ1) is 21.4. The molecule has 0 aromatic heterocycles. The third-order valence-electron chi connectivity index (χ3n) is 4.52. The number of aryl methyl sites for hydroxylation is 1. The summed E-state index contributed by atoms with van der Waals surface area (Å²) in [6.45, 7) is 2.72. The molecule has 1 N–H and O–H groups in total. The summed E-state index contributed by atoms with van der Waals surface area (Å²) in [5.41, 5.74) is 3.21. The summed E-state index contributed by atoms with van der Waals surface area (Å²) >= 11 is 0. The largest absolute Gasteiger partial charge is 0.485 e. The SMILES string of the molecule is Cc1cc(OCc2ccccc2)c(OCc2ccccc2)cc1C(=O)OCCCO. The maximum Gasteiger partial charge on any atom is 0.338 e. The zero-order valence-corrected chi connectivity index (χ0v) is 17.0. The Labute approximate surface area is 176 Å². The van der Waals surface area contributed by atoms with Crippen LogP contribution < -0.4 is 9.47 Å². The molecule has 0 bridgehead atoms. The Morgan fingerprint density at radius 1 is 0.833 bits per heavy atom. The highest BCUT2D eigenvalue weighted by Crippen LogP contribution is 2.32. The Morgan fingerprint density at radius 3 is 1.90 bits per heavy atom. The van der Waals surface area contributed by atoms with E-state index in [1.54, 1.807) is 12.1 Å². The fraction of sp³-hybridized carbons (Fsp3) is 0.240. The fourth-order valence-electron chi connectivity index (χ4n) is 2.88. The number of carbonyl (C=O) groups is 1. The van der Waals surface area contributed by atoms with E-state index in [1.807, 2.05) is 67.6 Å². The summed E-state index contributed by atoms with van der Waals surface area (Å²) in [4.78, 5) is 12.5. The molecule has 0 unspecified atom stereocenters. The minimum atomic E-state index is -0.444. The Balaban J connectivity index is 1.81. The van der Waals surface area contributed by atoms with Crippen molar-refractivity contribution < 1.29 is 24.1 Å². The molecule has 3 rings (SSSR count). The second-order valence-electron chi connectivity index (χ2n) is 6.88. The number of ether oxygens (including phenoxy) is 3. The molecule has 30 heavy (non-hydrogen) atoms. The van der Waals surface area contributed by atoms with Crippen LogP contribution in [0.2, 0.25) is 0 Å². The van der Waals surface area contributed by atoms with Crippen molar-refractivity contribution in [2.45, 2.75) is 26.6 Å². The van der Waals surface area contributed by atoms with Gasteiger partial charge in [0.2, 0.25) is 0 Å². The van der Waals surface area contributed by atoms with E-state index >= 15 is 0 Å². The molecule has 0 atom stereocenters. The number of carbonyl (C=O) groups excluding carboxylic acids is 1. The van der Waals surface area contributed by atoms with Gasteiger partial charge < -0.3 is 19.3 Å². The minimum Gasteiger partial charge on any atom is -0.485 e. The van der Waals surface area contributed by atoms with Gasteiger partial charge in [0.15, 0.2) is 11.5 Å². The molecule has 0 aliphatic heterocycles. The lowest BCUT2D eigenvalue weighted by Crippen LogP contribution is -2.10. The highest BCUT2D eigenvalue weighted by atomic mass is 16.5. The van der Waals surface area contributed by atoms with Crippen molar-refractivity contribution in [3.05, 3.63) is 95.1 Å². The highest BCUT2D eigenvalue weighted by molar-refractivity contribution is 5.92. The van der Waals surface area contributed by atoms with Crippen LogP contribution in [0.1, 0.15) is 33.5 Å². The minimum absolute atomic E-state index is 0.0238. The number of aliphatic hydroxyl groups is 1. The summed E-state index contributed by atoms with van der Waals surface area (Å²) in [7, 11) is 0. The molecule has 0 saturated carbocycles. The Hall–Kier alpha value is -3.31. The van der Waals surface area contributed by atoms with E-state index in [0.717, 1.165) is 16.7 Å². The number of hydrogen-bond donors (Lipinski definition) is 1. The van der Waals surface area contributed by atoms with Crippen molar-refractivity contribution in [3.8, 4) is 11.5 Å². The van der Waals surface area contributed by atoms with E-state index in [1.165, 1.54) is 0 Å². The Bertz CT molecular complexity index is 939. The summed E-state index contributed by atoms with van der Waals surface area (Å²) in [6.07, 6.45) is 0.403. The molecule has 0 heterocycles. The molecule has 156 valence electrons. The third kappa shape index (κ3) is 6.09. The molecule has 0 aliphatic carbocycles. The standard InChI is InChI=1S/C25H26O5/c1-19-15-23(29-17-20-9-4-2-5-10-20)24(30-18-21-11-6-3-7-12-21)16-22(19)25(27)28-14-8-13-26/h2-7,9-12,15-16,26H,8,13-14,17-18H2,1H3. The summed E-state index contributed by atoms with van der Waals surface area (Å²) in [5.74, 6) is 0.605. The van der Waals surface area contributed by atoms with Crippen molar-refractivity contribution in [1.29, 1.82) is 0 Å². The van der Waals surface area contributed by atoms with Gasteiger partial charge in [0.25, 0.3) is 0 Å². The molecule has 0 saturated heterocycles. The molecule has 3 aromatic carbocycles. The topological polar surface area (TPSA) is 65.0 Å². The molecular weight excluding hydrogens is 380 g/mol. The van der Waals surface area contributed by atoms with Gasteiger partial charge in [-0.3, -0.25) is 0 Å². The second kappa shape index (κ2) is 11.0. The predicted molar refractivity (Wildman–Crippen MR) is 115 cm³/mol. The third-order valence-corrected chi connectivity index (χ3v) is 4.52. The van der Waals surface area contributed by atoms with Gasteiger partial charge in [0.05, 0.1) is 12.2 Å². The van der Waals surface area contributed by atoms with Crippen LogP contribution in [0.5, 0.6) is 11.5 Å². The van der Waals surface area contributed by atoms with Gasteiger partial charge in [-0.05, 0) is 35.7 Å². The average Bonchev–Trinajstić information content (AvgIpc) is 2.78. The number of esters is 1. The molecule has 0 spiro atoms. The summed E-state index contributed by atoms with van der Waals surface area (Å²) in [5, 5.41) is 8.89. The molecule has 0 amide bonds. The number of hydrogen-bond acceptors (Lipinski definition) is 5. The lowest BCUT2D eigenvalue weighted by molar-refractivity contribution is 0.0480.